The van der Waals surface area contributed by atoms with Gasteiger partial charge in [-0.1, -0.05) is 43.6 Å². The third-order valence-electron chi connectivity index (χ3n) is 7.11. The molecular weight excluding hydrogens is 484 g/mol. The number of hydrogen-bond acceptors (Lipinski definition) is 5. The molecule has 2 aliphatic rings. The molecule has 2 fully saturated rings. The number of amides is 1. The molecule has 2 aromatic carbocycles. The van der Waals surface area contributed by atoms with Gasteiger partial charge in [0.15, 0.2) is 9.84 Å². The summed E-state index contributed by atoms with van der Waals surface area (Å²) in [5.74, 6) is 1.01. The Kier molecular flexibility index (Phi) is 7.79. The molecule has 2 saturated heterocycles. The molecule has 1 amide bonds. The zero-order valence-electron chi connectivity index (χ0n) is 20.7. The summed E-state index contributed by atoms with van der Waals surface area (Å²) in [7, 11) is -3.62. The maximum absolute atomic E-state index is 13.9. The highest BCUT2D eigenvalue weighted by Gasteiger charge is 2.46. The molecule has 190 valence electrons. The Morgan fingerprint density at radius 1 is 1.20 bits per heavy atom. The van der Waals surface area contributed by atoms with Crippen LogP contribution in [0.5, 0.6) is 5.75 Å². The van der Waals surface area contributed by atoms with Crippen LogP contribution in [0.3, 0.4) is 0 Å². The molecule has 2 aliphatic heterocycles. The van der Waals surface area contributed by atoms with Crippen LogP contribution >= 0.6 is 11.6 Å². The summed E-state index contributed by atoms with van der Waals surface area (Å²) < 4.78 is 31.1. The predicted molar refractivity (Wildman–Crippen MR) is 139 cm³/mol. The maximum Gasteiger partial charge on any atom is 0.255 e. The van der Waals surface area contributed by atoms with Gasteiger partial charge < -0.3 is 15.0 Å². The first kappa shape index (κ1) is 26.0. The number of piperidine rings is 1. The van der Waals surface area contributed by atoms with E-state index in [4.69, 9.17) is 16.3 Å². The van der Waals surface area contributed by atoms with E-state index >= 15 is 0 Å². The fourth-order valence-electron chi connectivity index (χ4n) is 5.36. The number of likely N-dealkylation sites (tertiary alicyclic amines) is 1. The summed E-state index contributed by atoms with van der Waals surface area (Å²) in [6, 6.07) is 12.5. The SMILES string of the molecule is CC(C)COc1ccccc1CC1CC2(CCNCC2)CN1C(=O)c1ccc(Cl)cc1S(C)(=O)=O. The van der Waals surface area contributed by atoms with Gasteiger partial charge in [0.25, 0.3) is 5.91 Å². The molecule has 0 aromatic heterocycles. The summed E-state index contributed by atoms with van der Waals surface area (Å²) in [4.78, 5) is 15.8. The summed E-state index contributed by atoms with van der Waals surface area (Å²) in [5, 5.41) is 3.73. The quantitative estimate of drug-likeness (QED) is 0.579. The number of rotatable bonds is 7. The van der Waals surface area contributed by atoms with Crippen molar-refractivity contribution < 1.29 is 17.9 Å². The van der Waals surface area contributed by atoms with Crippen molar-refractivity contribution in [1.82, 2.24) is 10.2 Å². The number of carbonyl (C=O) groups excluding carboxylic acids is 1. The molecular formula is C27H35ClN2O4S. The van der Waals surface area contributed by atoms with Gasteiger partial charge in [0.1, 0.15) is 5.75 Å². The molecule has 6 nitrogen and oxygen atoms in total. The van der Waals surface area contributed by atoms with E-state index in [2.05, 4.69) is 25.2 Å². The lowest BCUT2D eigenvalue weighted by molar-refractivity contribution is 0.0709. The van der Waals surface area contributed by atoms with Crippen LogP contribution < -0.4 is 10.1 Å². The van der Waals surface area contributed by atoms with Crippen molar-refractivity contribution in [3.05, 3.63) is 58.6 Å². The van der Waals surface area contributed by atoms with Crippen molar-refractivity contribution in [2.75, 3.05) is 32.5 Å². The summed E-state index contributed by atoms with van der Waals surface area (Å²) in [5.41, 5.74) is 1.30. The Morgan fingerprint density at radius 3 is 2.60 bits per heavy atom. The minimum atomic E-state index is -3.62. The second-order valence-electron chi connectivity index (χ2n) is 10.5. The number of benzene rings is 2. The topological polar surface area (TPSA) is 75.7 Å². The van der Waals surface area contributed by atoms with Crippen LogP contribution in [0.2, 0.25) is 5.02 Å². The van der Waals surface area contributed by atoms with Crippen LogP contribution in [0.25, 0.3) is 0 Å². The standard InChI is InChI=1S/C27H35ClN2O4S/c1-19(2)17-34-24-7-5-4-6-20(24)14-22-16-27(10-12-29-13-11-27)18-30(22)26(31)23-9-8-21(28)15-25(23)35(3,32)33/h4-9,15,19,22,29H,10-14,16-18H2,1-3H3. The van der Waals surface area contributed by atoms with Gasteiger partial charge in [-0.15, -0.1) is 0 Å². The van der Waals surface area contributed by atoms with Crippen LogP contribution in [0.15, 0.2) is 47.4 Å². The molecule has 0 bridgehead atoms. The third-order valence-corrected chi connectivity index (χ3v) is 8.49. The summed E-state index contributed by atoms with van der Waals surface area (Å²) in [6.07, 6.45) is 4.67. The first-order valence-corrected chi connectivity index (χ1v) is 14.6. The molecule has 2 heterocycles. The smallest absolute Gasteiger partial charge is 0.255 e. The van der Waals surface area contributed by atoms with Gasteiger partial charge in [0.2, 0.25) is 0 Å². The molecule has 8 heteroatoms. The van der Waals surface area contributed by atoms with Gasteiger partial charge in [0, 0.05) is 23.9 Å². The molecule has 0 aliphatic carbocycles. The molecule has 1 spiro atoms. The van der Waals surface area contributed by atoms with Crippen LogP contribution in [0.4, 0.5) is 0 Å². The number of nitrogens with one attached hydrogen (secondary N) is 1. The van der Waals surface area contributed by atoms with E-state index in [0.717, 1.165) is 49.9 Å². The first-order chi connectivity index (χ1) is 16.6. The van der Waals surface area contributed by atoms with Gasteiger partial charge in [-0.05, 0) is 79.9 Å². The van der Waals surface area contributed by atoms with Crippen LogP contribution in [-0.4, -0.2) is 57.8 Å². The van der Waals surface area contributed by atoms with Crippen LogP contribution in [0.1, 0.15) is 49.0 Å². The number of ether oxygens (including phenoxy) is 1. The number of halogens is 1. The van der Waals surface area contributed by atoms with Crippen LogP contribution in [-0.2, 0) is 16.3 Å². The van der Waals surface area contributed by atoms with Gasteiger partial charge in [0.05, 0.1) is 17.1 Å². The fraction of sp³-hybridized carbons (Fsp3) is 0.519. The van der Waals surface area contributed by atoms with E-state index in [-0.39, 0.29) is 27.8 Å². The highest BCUT2D eigenvalue weighted by atomic mass is 35.5. The Hall–Kier alpha value is -2.09. The number of nitrogens with zero attached hydrogens (tertiary/aromatic N) is 1. The Bertz CT molecular complexity index is 1180. The highest BCUT2D eigenvalue weighted by molar-refractivity contribution is 7.90. The minimum absolute atomic E-state index is 0.0133. The molecule has 35 heavy (non-hydrogen) atoms. The Balaban J connectivity index is 1.68. The van der Waals surface area contributed by atoms with Crippen molar-refractivity contribution >= 4 is 27.3 Å². The third kappa shape index (κ3) is 6.01. The molecule has 2 aromatic rings. The monoisotopic (exact) mass is 518 g/mol. The number of para-hydroxylation sites is 1. The van der Waals surface area contributed by atoms with E-state index in [1.165, 1.54) is 6.07 Å². The number of carbonyl (C=O) groups is 1. The zero-order chi connectivity index (χ0) is 25.2. The molecule has 1 unspecified atom stereocenters. The van der Waals surface area contributed by atoms with E-state index < -0.39 is 9.84 Å². The predicted octanol–water partition coefficient (Wildman–Crippen LogP) is 4.61. The van der Waals surface area contributed by atoms with E-state index in [9.17, 15) is 13.2 Å². The number of hydrogen-bond donors (Lipinski definition) is 1. The summed E-state index contributed by atoms with van der Waals surface area (Å²) >= 11 is 6.10. The van der Waals surface area contributed by atoms with Gasteiger partial charge in [-0.3, -0.25) is 4.79 Å². The second kappa shape index (κ2) is 10.5. The molecule has 1 N–H and O–H groups in total. The van der Waals surface area contributed by atoms with Crippen molar-refractivity contribution in [3.63, 3.8) is 0 Å². The van der Waals surface area contributed by atoms with Gasteiger partial charge >= 0.3 is 0 Å². The van der Waals surface area contributed by atoms with Crippen LogP contribution in [0, 0.1) is 11.3 Å². The van der Waals surface area contributed by atoms with Gasteiger partial charge in [-0.25, -0.2) is 8.42 Å². The van der Waals surface area contributed by atoms with E-state index in [1.807, 2.05) is 23.1 Å². The summed E-state index contributed by atoms with van der Waals surface area (Å²) in [6.45, 7) is 7.34. The molecule has 0 saturated carbocycles. The lowest BCUT2D eigenvalue weighted by Crippen LogP contribution is -2.41. The largest absolute Gasteiger partial charge is 0.493 e. The van der Waals surface area contributed by atoms with E-state index in [1.54, 1.807) is 12.1 Å². The maximum atomic E-state index is 13.9. The van der Waals surface area contributed by atoms with Crippen molar-refractivity contribution in [2.45, 2.75) is 50.5 Å². The molecule has 0 radical (unpaired) electrons. The van der Waals surface area contributed by atoms with Crippen molar-refractivity contribution in [1.29, 1.82) is 0 Å². The first-order valence-electron chi connectivity index (χ1n) is 12.3. The Labute approximate surface area is 213 Å². The normalized spacial score (nSPS) is 19.9. The molecule has 1 atom stereocenters. The van der Waals surface area contributed by atoms with E-state index in [0.29, 0.717) is 30.5 Å². The lowest BCUT2D eigenvalue weighted by atomic mass is 9.76. The highest BCUT2D eigenvalue weighted by Crippen LogP contribution is 2.44. The second-order valence-corrected chi connectivity index (χ2v) is 12.9. The van der Waals surface area contributed by atoms with Gasteiger partial charge in [-0.2, -0.15) is 0 Å². The lowest BCUT2D eigenvalue weighted by Gasteiger charge is -2.33. The molecule has 4 rings (SSSR count). The average molecular weight is 519 g/mol. The Morgan fingerprint density at radius 2 is 1.91 bits per heavy atom. The minimum Gasteiger partial charge on any atom is -0.493 e. The number of sulfone groups is 1. The van der Waals surface area contributed by atoms with Crippen molar-refractivity contribution in [2.24, 2.45) is 11.3 Å². The van der Waals surface area contributed by atoms with Crippen molar-refractivity contribution in [3.8, 4) is 5.75 Å². The average Bonchev–Trinajstić information content (AvgIpc) is 3.15. The zero-order valence-corrected chi connectivity index (χ0v) is 22.3. The fourth-order valence-corrected chi connectivity index (χ4v) is 6.49.